The zero-order chi connectivity index (χ0) is 60.3. The average Bonchev–Trinajstić information content (AvgIpc) is 3.58. The van der Waals surface area contributed by atoms with E-state index in [1.807, 2.05) is 6.08 Å². The molecule has 8 unspecified atom stereocenters. The van der Waals surface area contributed by atoms with Crippen LogP contribution in [0.3, 0.4) is 0 Å². The molecular formula is C72H129NO10. The van der Waals surface area contributed by atoms with Gasteiger partial charge in [0.25, 0.3) is 0 Å². The molecule has 0 saturated carbocycles. The number of nitrogens with one attached hydrogen (secondary N) is 1. The van der Waals surface area contributed by atoms with Gasteiger partial charge in [-0.05, 0) is 96.3 Å². The molecule has 0 bridgehead atoms. The molecule has 482 valence electrons. The Morgan fingerprint density at radius 3 is 1.27 bits per heavy atom. The molecular weight excluding hydrogens is 1040 g/mol. The number of hydrogen-bond donors (Lipinski definition) is 6. The highest BCUT2D eigenvalue weighted by molar-refractivity contribution is 5.80. The van der Waals surface area contributed by atoms with Crippen molar-refractivity contribution in [2.24, 2.45) is 0 Å². The SMILES string of the molecule is CCCCC/C=C\C/C=C\C/C=C\CCCCCCCCCCC(=O)OC1C(OCC(NC(=O)C(O)CCCCCCCCCCCC/C=C\C/C=C\CCCCC)C(O)/C=C/CCCCCCCCCCCCC)OC(CO)C(O)C1O. The van der Waals surface area contributed by atoms with Gasteiger partial charge in [0.1, 0.15) is 24.4 Å². The first-order valence-corrected chi connectivity index (χ1v) is 34.7. The van der Waals surface area contributed by atoms with Gasteiger partial charge in [-0.1, -0.05) is 280 Å². The maximum atomic E-state index is 13.5. The Morgan fingerprint density at radius 1 is 0.470 bits per heavy atom. The van der Waals surface area contributed by atoms with Crippen molar-refractivity contribution >= 4 is 11.9 Å². The third-order valence-electron chi connectivity index (χ3n) is 16.1. The minimum Gasteiger partial charge on any atom is -0.454 e. The van der Waals surface area contributed by atoms with Gasteiger partial charge in [-0.3, -0.25) is 9.59 Å². The van der Waals surface area contributed by atoms with Gasteiger partial charge in [-0.15, -0.1) is 0 Å². The predicted octanol–water partition coefficient (Wildman–Crippen LogP) is 17.5. The zero-order valence-corrected chi connectivity index (χ0v) is 53.6. The molecule has 1 fully saturated rings. The van der Waals surface area contributed by atoms with Crippen molar-refractivity contribution in [3.05, 3.63) is 72.9 Å². The number of hydrogen-bond acceptors (Lipinski definition) is 10. The van der Waals surface area contributed by atoms with Crippen LogP contribution < -0.4 is 5.32 Å². The van der Waals surface area contributed by atoms with Crippen LogP contribution in [0.4, 0.5) is 0 Å². The van der Waals surface area contributed by atoms with Crippen LogP contribution in [0.5, 0.6) is 0 Å². The van der Waals surface area contributed by atoms with Crippen LogP contribution in [0.25, 0.3) is 0 Å². The molecule has 6 N–H and O–H groups in total. The summed E-state index contributed by atoms with van der Waals surface area (Å²) in [4.78, 5) is 26.7. The fraction of sp³-hybridized carbons (Fsp3) is 0.806. The fourth-order valence-corrected chi connectivity index (χ4v) is 10.6. The van der Waals surface area contributed by atoms with Crippen molar-refractivity contribution in [1.82, 2.24) is 5.32 Å². The summed E-state index contributed by atoms with van der Waals surface area (Å²) in [6, 6.07) is -1.03. The van der Waals surface area contributed by atoms with E-state index in [0.29, 0.717) is 12.8 Å². The third-order valence-corrected chi connectivity index (χ3v) is 16.1. The first-order valence-electron chi connectivity index (χ1n) is 34.7. The Hall–Kier alpha value is -2.90. The Kier molecular flexibility index (Phi) is 55.9. The monoisotopic (exact) mass is 1170 g/mol. The summed E-state index contributed by atoms with van der Waals surface area (Å²) in [5.74, 6) is -1.20. The van der Waals surface area contributed by atoms with Crippen LogP contribution in [0.15, 0.2) is 72.9 Å². The van der Waals surface area contributed by atoms with Crippen molar-refractivity contribution in [2.75, 3.05) is 13.2 Å². The number of rotatable bonds is 59. The second-order valence-electron chi connectivity index (χ2n) is 23.9. The van der Waals surface area contributed by atoms with Crippen LogP contribution >= 0.6 is 0 Å². The summed E-state index contributed by atoms with van der Waals surface area (Å²) in [7, 11) is 0. The summed E-state index contributed by atoms with van der Waals surface area (Å²) in [6.07, 6.45) is 66.4. The standard InChI is InChI=1S/C72H129NO10/c1-4-7-10-13-16-19-22-25-27-29-31-33-35-37-39-42-45-48-51-54-57-60-67(77)83-70-69(79)68(78)66(61-74)82-72(70)81-62-63(64(75)58-55-52-49-46-43-40-24-21-18-15-12-9-6-3)73-71(80)65(76)59-56-53-50-47-44-41-38-36-34-32-30-28-26-23-20-17-14-11-8-5-2/h16-17,19-20,25-28,31,33,55,58,63-66,68-70,72,74-76,78-79H,4-15,18,21-24,29-30,32,34-54,56-57,59-62H2,1-3H3,(H,73,80)/b19-16-,20-17-,27-25-,28-26-,33-31-,58-55+. The number of ether oxygens (including phenoxy) is 3. The van der Waals surface area contributed by atoms with E-state index in [9.17, 15) is 35.1 Å². The van der Waals surface area contributed by atoms with Gasteiger partial charge >= 0.3 is 5.97 Å². The predicted molar refractivity (Wildman–Crippen MR) is 347 cm³/mol. The van der Waals surface area contributed by atoms with E-state index in [-0.39, 0.29) is 19.4 Å². The van der Waals surface area contributed by atoms with Crippen LogP contribution in [0, 0.1) is 0 Å². The maximum Gasteiger partial charge on any atom is 0.306 e. The summed E-state index contributed by atoms with van der Waals surface area (Å²) in [6.45, 7) is 5.76. The topological polar surface area (TPSA) is 175 Å². The molecule has 11 heteroatoms. The molecule has 1 heterocycles. The lowest BCUT2D eigenvalue weighted by Crippen LogP contribution is -2.61. The minimum atomic E-state index is -1.62. The molecule has 1 rings (SSSR count). The first-order chi connectivity index (χ1) is 40.7. The largest absolute Gasteiger partial charge is 0.454 e. The van der Waals surface area contributed by atoms with Crippen LogP contribution in [0.1, 0.15) is 310 Å². The second-order valence-corrected chi connectivity index (χ2v) is 23.9. The Balaban J connectivity index is 2.63. The molecule has 11 nitrogen and oxygen atoms in total. The summed E-state index contributed by atoms with van der Waals surface area (Å²) >= 11 is 0. The smallest absolute Gasteiger partial charge is 0.306 e. The van der Waals surface area contributed by atoms with Crippen LogP contribution in [-0.2, 0) is 23.8 Å². The first kappa shape index (κ1) is 78.1. The van der Waals surface area contributed by atoms with E-state index in [1.54, 1.807) is 6.08 Å². The molecule has 1 aliphatic heterocycles. The van der Waals surface area contributed by atoms with Crippen molar-refractivity contribution < 1.29 is 49.3 Å². The van der Waals surface area contributed by atoms with Crippen LogP contribution in [0.2, 0.25) is 0 Å². The summed E-state index contributed by atoms with van der Waals surface area (Å²) < 4.78 is 17.7. The molecule has 83 heavy (non-hydrogen) atoms. The van der Waals surface area contributed by atoms with Crippen molar-refractivity contribution in [1.29, 1.82) is 0 Å². The Morgan fingerprint density at radius 2 is 0.831 bits per heavy atom. The molecule has 1 amide bonds. The molecule has 0 radical (unpaired) electrons. The molecule has 0 aromatic carbocycles. The highest BCUT2D eigenvalue weighted by atomic mass is 16.7. The molecule has 0 aromatic heterocycles. The van der Waals surface area contributed by atoms with Gasteiger partial charge in [0.05, 0.1) is 25.4 Å². The number of carbonyl (C=O) groups excluding carboxylic acids is 2. The normalized spacial score (nSPS) is 19.0. The number of unbranched alkanes of at least 4 members (excludes halogenated alkanes) is 35. The number of amides is 1. The van der Waals surface area contributed by atoms with E-state index in [1.165, 1.54) is 167 Å². The lowest BCUT2D eigenvalue weighted by atomic mass is 9.99. The molecule has 0 aliphatic carbocycles. The van der Waals surface area contributed by atoms with Crippen molar-refractivity contribution in [3.8, 4) is 0 Å². The van der Waals surface area contributed by atoms with Gasteiger partial charge in [-0.2, -0.15) is 0 Å². The van der Waals surface area contributed by atoms with Gasteiger partial charge in [0, 0.05) is 6.42 Å². The van der Waals surface area contributed by atoms with Gasteiger partial charge < -0.3 is 45.1 Å². The van der Waals surface area contributed by atoms with E-state index < -0.39 is 67.4 Å². The minimum absolute atomic E-state index is 0.114. The van der Waals surface area contributed by atoms with E-state index in [2.05, 4.69) is 86.8 Å². The highest BCUT2D eigenvalue weighted by Crippen LogP contribution is 2.26. The van der Waals surface area contributed by atoms with Gasteiger partial charge in [0.15, 0.2) is 12.4 Å². The molecule has 8 atom stereocenters. The summed E-state index contributed by atoms with van der Waals surface area (Å²) in [5.41, 5.74) is 0. The third kappa shape index (κ3) is 46.9. The second kappa shape index (κ2) is 59.4. The number of aliphatic hydroxyl groups is 5. The number of esters is 1. The molecule has 1 aliphatic rings. The maximum absolute atomic E-state index is 13.5. The van der Waals surface area contributed by atoms with Crippen LogP contribution in [-0.4, -0.2) is 99.6 Å². The van der Waals surface area contributed by atoms with Gasteiger partial charge in [-0.25, -0.2) is 0 Å². The average molecular weight is 1170 g/mol. The fourth-order valence-electron chi connectivity index (χ4n) is 10.6. The quantitative estimate of drug-likeness (QED) is 0.0195. The van der Waals surface area contributed by atoms with E-state index in [4.69, 9.17) is 14.2 Å². The van der Waals surface area contributed by atoms with E-state index >= 15 is 0 Å². The number of allylic oxidation sites excluding steroid dienone is 11. The Labute approximate surface area is 509 Å². The highest BCUT2D eigenvalue weighted by Gasteiger charge is 2.47. The Bertz CT molecular complexity index is 1630. The van der Waals surface area contributed by atoms with Crippen molar-refractivity contribution in [2.45, 2.75) is 359 Å². The lowest BCUT2D eigenvalue weighted by molar-refractivity contribution is -0.305. The van der Waals surface area contributed by atoms with Crippen molar-refractivity contribution in [3.63, 3.8) is 0 Å². The zero-order valence-electron chi connectivity index (χ0n) is 53.6. The summed E-state index contributed by atoms with van der Waals surface area (Å²) in [5, 5.41) is 57.2. The van der Waals surface area contributed by atoms with Gasteiger partial charge in [0.2, 0.25) is 5.91 Å². The van der Waals surface area contributed by atoms with E-state index in [0.717, 1.165) is 96.3 Å². The molecule has 0 spiro atoms. The molecule has 0 aromatic rings. The number of carbonyl (C=O) groups is 2. The molecule has 1 saturated heterocycles. The number of aliphatic hydroxyl groups excluding tert-OH is 5. The lowest BCUT2D eigenvalue weighted by Gasteiger charge is -2.41.